The van der Waals surface area contributed by atoms with E-state index in [-0.39, 0.29) is 44.0 Å². The fourth-order valence-corrected chi connectivity index (χ4v) is 7.79. The lowest BCUT2D eigenvalue weighted by Gasteiger charge is -2.18. The Morgan fingerprint density at radius 2 is 0.494 bits per heavy atom. The third kappa shape index (κ3) is 63.2. The Hall–Kier alpha value is -5.49. The Labute approximate surface area is 484 Å². The summed E-state index contributed by atoms with van der Waals surface area (Å²) < 4.78 is 16.7. The van der Waals surface area contributed by atoms with Crippen molar-refractivity contribution in [1.29, 1.82) is 0 Å². The molecule has 0 fully saturated rings. The topological polar surface area (TPSA) is 78.9 Å². The van der Waals surface area contributed by atoms with Crippen molar-refractivity contribution in [1.82, 2.24) is 0 Å². The lowest BCUT2D eigenvalue weighted by molar-refractivity contribution is -0.167. The first-order valence-corrected chi connectivity index (χ1v) is 31.3. The van der Waals surface area contributed by atoms with Crippen LogP contribution in [-0.2, 0) is 28.6 Å². The van der Waals surface area contributed by atoms with Crippen LogP contribution in [0.15, 0.2) is 182 Å². The van der Waals surface area contributed by atoms with Crippen LogP contribution in [0.4, 0.5) is 0 Å². The zero-order chi connectivity index (χ0) is 57.1. The van der Waals surface area contributed by atoms with E-state index in [4.69, 9.17) is 14.2 Å². The van der Waals surface area contributed by atoms with Gasteiger partial charge in [-0.05, 0) is 141 Å². The van der Waals surface area contributed by atoms with Crippen molar-refractivity contribution in [3.8, 4) is 0 Å². The number of rotatable bonds is 54. The molecule has 6 heteroatoms. The number of carbonyl (C=O) groups excluding carboxylic acids is 3. The molecule has 0 bridgehead atoms. The number of hydrogen-bond donors (Lipinski definition) is 0. The minimum absolute atomic E-state index is 0.108. The number of ether oxygens (including phenoxy) is 3. The second-order valence-corrected chi connectivity index (χ2v) is 19.9. The van der Waals surface area contributed by atoms with Crippen LogP contribution in [0.25, 0.3) is 0 Å². The summed E-state index contributed by atoms with van der Waals surface area (Å²) in [6.07, 6.45) is 97.7. The Morgan fingerprint density at radius 3 is 0.797 bits per heavy atom. The average Bonchev–Trinajstić information content (AvgIpc) is 3.45. The summed E-state index contributed by atoms with van der Waals surface area (Å²) in [5.41, 5.74) is 0. The summed E-state index contributed by atoms with van der Waals surface area (Å²) in [7, 11) is 0. The van der Waals surface area contributed by atoms with E-state index in [9.17, 15) is 14.4 Å². The Bertz CT molecular complexity index is 1870. The Kier molecular flexibility index (Phi) is 60.5. The quantitative estimate of drug-likeness (QED) is 0.0261. The average molecular weight is 1090 g/mol. The summed E-state index contributed by atoms with van der Waals surface area (Å²) in [4.78, 5) is 38.0. The van der Waals surface area contributed by atoms with Crippen molar-refractivity contribution in [2.75, 3.05) is 13.2 Å². The molecule has 0 aromatic rings. The van der Waals surface area contributed by atoms with Crippen LogP contribution in [0.3, 0.4) is 0 Å². The maximum atomic E-state index is 12.8. The van der Waals surface area contributed by atoms with Gasteiger partial charge in [-0.2, -0.15) is 0 Å². The van der Waals surface area contributed by atoms with Gasteiger partial charge in [-0.1, -0.05) is 261 Å². The molecule has 0 radical (unpaired) electrons. The third-order valence-electron chi connectivity index (χ3n) is 12.4. The molecule has 0 aromatic heterocycles. The van der Waals surface area contributed by atoms with Gasteiger partial charge >= 0.3 is 17.9 Å². The van der Waals surface area contributed by atoms with E-state index in [1.54, 1.807) is 0 Å². The van der Waals surface area contributed by atoms with Crippen molar-refractivity contribution in [3.63, 3.8) is 0 Å². The van der Waals surface area contributed by atoms with Crippen molar-refractivity contribution in [3.05, 3.63) is 182 Å². The number of carbonyl (C=O) groups is 3. The van der Waals surface area contributed by atoms with Crippen molar-refractivity contribution in [2.24, 2.45) is 0 Å². The van der Waals surface area contributed by atoms with Crippen molar-refractivity contribution >= 4 is 17.9 Å². The minimum Gasteiger partial charge on any atom is -0.462 e. The molecule has 1 atom stereocenters. The first-order valence-electron chi connectivity index (χ1n) is 31.3. The second-order valence-electron chi connectivity index (χ2n) is 19.9. The summed E-state index contributed by atoms with van der Waals surface area (Å²) in [6.45, 7) is 6.30. The van der Waals surface area contributed by atoms with Gasteiger partial charge in [0, 0.05) is 19.3 Å². The summed E-state index contributed by atoms with van der Waals surface area (Å²) in [6, 6.07) is 0. The van der Waals surface area contributed by atoms with E-state index in [0.717, 1.165) is 167 Å². The van der Waals surface area contributed by atoms with Gasteiger partial charge in [-0.25, -0.2) is 0 Å². The highest BCUT2D eigenvalue weighted by Crippen LogP contribution is 2.13. The molecule has 0 amide bonds. The van der Waals surface area contributed by atoms with Gasteiger partial charge < -0.3 is 14.2 Å². The zero-order valence-corrected chi connectivity index (χ0v) is 50.3. The highest BCUT2D eigenvalue weighted by molar-refractivity contribution is 5.71. The van der Waals surface area contributed by atoms with E-state index < -0.39 is 6.10 Å². The monoisotopic (exact) mass is 1080 g/mol. The molecule has 0 heterocycles. The normalized spacial score (nSPS) is 13.4. The van der Waals surface area contributed by atoms with Crippen molar-refractivity contribution < 1.29 is 28.6 Å². The minimum atomic E-state index is -0.814. The third-order valence-corrected chi connectivity index (χ3v) is 12.4. The molecule has 0 saturated heterocycles. The number of allylic oxidation sites excluding steroid dienone is 30. The molecule has 0 N–H and O–H groups in total. The highest BCUT2D eigenvalue weighted by atomic mass is 16.6. The van der Waals surface area contributed by atoms with Gasteiger partial charge in [-0.3, -0.25) is 14.4 Å². The Morgan fingerprint density at radius 1 is 0.266 bits per heavy atom. The molecule has 0 saturated carbocycles. The van der Waals surface area contributed by atoms with Crippen LogP contribution in [0.5, 0.6) is 0 Å². The molecule has 6 nitrogen and oxygen atoms in total. The van der Waals surface area contributed by atoms with Gasteiger partial charge in [0.15, 0.2) is 6.10 Å². The maximum Gasteiger partial charge on any atom is 0.306 e. The molecular formula is C73H112O6. The van der Waals surface area contributed by atoms with Crippen LogP contribution >= 0.6 is 0 Å². The standard InChI is InChI=1S/C73H112O6/c1-4-7-10-13-16-18-20-22-24-26-28-30-31-32-33-34-35-36-37-38-39-40-41-43-44-46-48-50-52-54-57-60-63-66-72(75)78-69-70(68-77-71(74)65-62-59-56-15-12-9-6-3)79-73(76)67-64-61-58-55-53-51-49-47-45-42-29-27-25-23-21-19-17-14-11-8-5-2/h7-8,10-11,16-19,22-25,28-30,32-33,35-36,38-39,41-43,46-49,52,54,70H,4-6,9,12-15,20-21,26-27,31,34,37,40,44-45,50-51,53,55-69H2,1-3H3/b10-7-,11-8-,18-16-,19-17-,24-22-,25-23-,30-28-,33-32-,36-35-,39-38-,42-29-,43-41-,48-46-,49-47-,54-52-. The summed E-state index contributed by atoms with van der Waals surface area (Å²) >= 11 is 0. The molecule has 0 aliphatic rings. The summed E-state index contributed by atoms with van der Waals surface area (Å²) in [5.74, 6) is -0.990. The molecule has 0 aliphatic carbocycles. The van der Waals surface area contributed by atoms with E-state index in [2.05, 4.69) is 203 Å². The highest BCUT2D eigenvalue weighted by Gasteiger charge is 2.19. The fourth-order valence-electron chi connectivity index (χ4n) is 7.79. The second kappa shape index (κ2) is 65.0. The number of esters is 3. The van der Waals surface area contributed by atoms with Gasteiger partial charge in [0.1, 0.15) is 13.2 Å². The molecule has 440 valence electrons. The van der Waals surface area contributed by atoms with Crippen LogP contribution in [0.1, 0.15) is 239 Å². The van der Waals surface area contributed by atoms with E-state index in [0.29, 0.717) is 12.8 Å². The lowest BCUT2D eigenvalue weighted by Crippen LogP contribution is -2.30. The van der Waals surface area contributed by atoms with Crippen LogP contribution in [-0.4, -0.2) is 37.2 Å². The molecule has 0 rings (SSSR count). The van der Waals surface area contributed by atoms with E-state index >= 15 is 0 Å². The molecule has 79 heavy (non-hydrogen) atoms. The Balaban J connectivity index is 4.32. The maximum absolute atomic E-state index is 12.8. The van der Waals surface area contributed by atoms with Gasteiger partial charge in [0.05, 0.1) is 0 Å². The van der Waals surface area contributed by atoms with Crippen LogP contribution in [0.2, 0.25) is 0 Å². The predicted molar refractivity (Wildman–Crippen MR) is 343 cm³/mol. The van der Waals surface area contributed by atoms with Crippen molar-refractivity contribution in [2.45, 2.75) is 245 Å². The fraction of sp³-hybridized carbons (Fsp3) is 0.548. The SMILES string of the molecule is CC/C=C\C/C=C\C/C=C\C/C=C\C/C=C\C/C=C\C/C=C\C/C=C\C/C=C\C/C=C\CCCCC(=O)OCC(COC(=O)CCCCCCCCC)OC(=O)CCCCCCC/C=C\C/C=C\C/C=C\C/C=C\C/C=C\CC. The first kappa shape index (κ1) is 73.5. The molecule has 0 aliphatic heterocycles. The largest absolute Gasteiger partial charge is 0.462 e. The lowest BCUT2D eigenvalue weighted by atomic mass is 10.1. The first-order chi connectivity index (χ1) is 39.0. The molecule has 0 aromatic carbocycles. The predicted octanol–water partition coefficient (Wildman–Crippen LogP) is 21.7. The summed E-state index contributed by atoms with van der Waals surface area (Å²) in [5, 5.41) is 0. The number of hydrogen-bond acceptors (Lipinski definition) is 6. The van der Waals surface area contributed by atoms with Gasteiger partial charge in [0.25, 0.3) is 0 Å². The van der Waals surface area contributed by atoms with E-state index in [1.807, 2.05) is 0 Å². The molecule has 1 unspecified atom stereocenters. The number of unbranched alkanes of at least 4 members (excludes halogenated alkanes) is 13. The molecule has 0 spiro atoms. The smallest absolute Gasteiger partial charge is 0.306 e. The molecular weight excluding hydrogens is 973 g/mol. The zero-order valence-electron chi connectivity index (χ0n) is 50.3. The van der Waals surface area contributed by atoms with Crippen LogP contribution < -0.4 is 0 Å². The van der Waals surface area contributed by atoms with E-state index in [1.165, 1.54) is 25.7 Å². The van der Waals surface area contributed by atoms with Crippen LogP contribution in [0, 0.1) is 0 Å². The van der Waals surface area contributed by atoms with Gasteiger partial charge in [0.2, 0.25) is 0 Å². The van der Waals surface area contributed by atoms with Gasteiger partial charge in [-0.15, -0.1) is 0 Å².